The smallest absolute Gasteiger partial charge is 0.319 e. The quantitative estimate of drug-likeness (QED) is 0.612. The molecule has 3 amide bonds. The van der Waals surface area contributed by atoms with Crippen LogP contribution in [0.25, 0.3) is 11.4 Å². The summed E-state index contributed by atoms with van der Waals surface area (Å²) in [5.41, 5.74) is 2.16. The Morgan fingerprint density at radius 2 is 2.00 bits per heavy atom. The Balaban J connectivity index is 1.44. The van der Waals surface area contributed by atoms with Crippen molar-refractivity contribution in [1.82, 2.24) is 15.5 Å². The van der Waals surface area contributed by atoms with Gasteiger partial charge in [-0.3, -0.25) is 4.79 Å². The van der Waals surface area contributed by atoms with E-state index in [-0.39, 0.29) is 23.9 Å². The maximum atomic E-state index is 12.5. The van der Waals surface area contributed by atoms with Crippen LogP contribution in [0, 0.1) is 0 Å². The molecule has 1 fully saturated rings. The summed E-state index contributed by atoms with van der Waals surface area (Å²) in [6.45, 7) is 4.24. The summed E-state index contributed by atoms with van der Waals surface area (Å²) in [6, 6.07) is 14.1. The molecule has 1 saturated heterocycles. The van der Waals surface area contributed by atoms with Crippen LogP contribution < -0.4 is 15.5 Å². The lowest BCUT2D eigenvalue weighted by atomic mass is 10.1. The fourth-order valence-electron chi connectivity index (χ4n) is 3.42. The molecule has 1 aliphatic rings. The van der Waals surface area contributed by atoms with Gasteiger partial charge in [0.15, 0.2) is 0 Å². The topological polar surface area (TPSA) is 100 Å². The summed E-state index contributed by atoms with van der Waals surface area (Å²) in [5.74, 6) is 0.656. The van der Waals surface area contributed by atoms with E-state index in [1.54, 1.807) is 41.3 Å². The number of aromatic nitrogens is 2. The highest BCUT2D eigenvalue weighted by Crippen LogP contribution is 2.33. The molecule has 0 radical (unpaired) electrons. The lowest BCUT2D eigenvalue weighted by molar-refractivity contribution is -0.117. The fourth-order valence-corrected chi connectivity index (χ4v) is 3.60. The standard InChI is InChI=1S/C22H22ClN5O3/c1-13(2)24-22(30)25-17-8-6-14(7-9-17)20-26-21(31-27-20)15-10-19(29)28(12-15)18-5-3-4-16(23)11-18/h3-9,11,13,15H,10,12H2,1-2H3,(H2,24,25,30)/t15-/m1/s1. The molecule has 31 heavy (non-hydrogen) atoms. The van der Waals surface area contributed by atoms with Gasteiger partial charge in [0.05, 0.1) is 5.92 Å². The predicted octanol–water partition coefficient (Wildman–Crippen LogP) is 4.44. The number of hydrogen-bond donors (Lipinski definition) is 2. The Hall–Kier alpha value is -3.39. The highest BCUT2D eigenvalue weighted by molar-refractivity contribution is 6.30. The molecule has 1 atom stereocenters. The first-order valence-corrected chi connectivity index (χ1v) is 10.3. The number of carbonyl (C=O) groups is 2. The van der Waals surface area contributed by atoms with Crippen LogP contribution in [-0.4, -0.2) is 34.7 Å². The van der Waals surface area contributed by atoms with Crippen molar-refractivity contribution in [2.24, 2.45) is 0 Å². The van der Waals surface area contributed by atoms with Crippen LogP contribution in [0.1, 0.15) is 32.1 Å². The summed E-state index contributed by atoms with van der Waals surface area (Å²) in [7, 11) is 0. The summed E-state index contributed by atoms with van der Waals surface area (Å²) in [6.07, 6.45) is 0.294. The molecule has 160 valence electrons. The van der Waals surface area contributed by atoms with Crippen LogP contribution in [0.3, 0.4) is 0 Å². The third-order valence-electron chi connectivity index (χ3n) is 4.86. The van der Waals surface area contributed by atoms with Gasteiger partial charge in [-0.05, 0) is 56.3 Å². The Morgan fingerprint density at radius 1 is 1.23 bits per heavy atom. The average Bonchev–Trinajstić information content (AvgIpc) is 3.35. The normalized spacial score (nSPS) is 16.1. The van der Waals surface area contributed by atoms with Crippen LogP contribution in [0.2, 0.25) is 5.02 Å². The first kappa shape index (κ1) is 20.9. The third kappa shape index (κ3) is 4.86. The molecule has 0 spiro atoms. The largest absolute Gasteiger partial charge is 0.339 e. The highest BCUT2D eigenvalue weighted by atomic mass is 35.5. The highest BCUT2D eigenvalue weighted by Gasteiger charge is 2.35. The molecule has 8 nitrogen and oxygen atoms in total. The number of benzene rings is 2. The van der Waals surface area contributed by atoms with Crippen molar-refractivity contribution in [2.45, 2.75) is 32.2 Å². The van der Waals surface area contributed by atoms with Gasteiger partial charge in [-0.1, -0.05) is 22.8 Å². The molecule has 0 saturated carbocycles. The van der Waals surface area contributed by atoms with E-state index in [1.807, 2.05) is 26.0 Å². The number of hydrogen-bond acceptors (Lipinski definition) is 5. The molecule has 2 N–H and O–H groups in total. The second-order valence-corrected chi connectivity index (χ2v) is 8.11. The average molecular weight is 440 g/mol. The number of urea groups is 1. The van der Waals surface area contributed by atoms with E-state index in [0.717, 1.165) is 11.3 Å². The van der Waals surface area contributed by atoms with Crippen LogP contribution in [0.5, 0.6) is 0 Å². The van der Waals surface area contributed by atoms with Crippen molar-refractivity contribution < 1.29 is 14.1 Å². The minimum absolute atomic E-state index is 0.0119. The van der Waals surface area contributed by atoms with Gasteiger partial charge in [-0.15, -0.1) is 0 Å². The minimum Gasteiger partial charge on any atom is -0.339 e. The van der Waals surface area contributed by atoms with Crippen molar-refractivity contribution in [2.75, 3.05) is 16.8 Å². The molecule has 0 aliphatic carbocycles. The van der Waals surface area contributed by atoms with Gasteiger partial charge in [-0.2, -0.15) is 4.98 Å². The molecule has 2 heterocycles. The zero-order valence-electron chi connectivity index (χ0n) is 17.1. The molecular formula is C22H22ClN5O3. The molecular weight excluding hydrogens is 418 g/mol. The maximum Gasteiger partial charge on any atom is 0.319 e. The maximum absolute atomic E-state index is 12.5. The summed E-state index contributed by atoms with van der Waals surface area (Å²) < 4.78 is 5.45. The summed E-state index contributed by atoms with van der Waals surface area (Å²) >= 11 is 6.05. The van der Waals surface area contributed by atoms with Crippen molar-refractivity contribution in [3.05, 3.63) is 59.4 Å². The van der Waals surface area contributed by atoms with Gasteiger partial charge in [-0.25, -0.2) is 4.79 Å². The molecule has 9 heteroatoms. The Morgan fingerprint density at radius 3 is 2.71 bits per heavy atom. The molecule has 2 aromatic carbocycles. The van der Waals surface area contributed by atoms with Gasteiger partial charge in [0, 0.05) is 41.0 Å². The van der Waals surface area contributed by atoms with Crippen molar-refractivity contribution in [3.8, 4) is 11.4 Å². The SMILES string of the molecule is CC(C)NC(=O)Nc1ccc(-c2noc([C@@H]3CC(=O)N(c4cccc(Cl)c4)C3)n2)cc1. The summed E-state index contributed by atoms with van der Waals surface area (Å²) in [5, 5.41) is 10.2. The van der Waals surface area contributed by atoms with Crippen molar-refractivity contribution in [3.63, 3.8) is 0 Å². The van der Waals surface area contributed by atoms with E-state index in [4.69, 9.17) is 16.1 Å². The molecule has 3 aromatic rings. The number of rotatable bonds is 5. The van der Waals surface area contributed by atoms with Gasteiger partial charge in [0.25, 0.3) is 0 Å². The van der Waals surface area contributed by atoms with E-state index in [2.05, 4.69) is 20.8 Å². The van der Waals surface area contributed by atoms with Crippen molar-refractivity contribution >= 4 is 34.9 Å². The number of amides is 3. The number of halogens is 1. The Kier molecular flexibility index (Phi) is 5.90. The van der Waals surface area contributed by atoms with Crippen LogP contribution in [0.15, 0.2) is 53.1 Å². The molecule has 4 rings (SSSR count). The third-order valence-corrected chi connectivity index (χ3v) is 5.09. The van der Waals surface area contributed by atoms with Gasteiger partial charge < -0.3 is 20.1 Å². The molecule has 1 aromatic heterocycles. The van der Waals surface area contributed by atoms with E-state index in [0.29, 0.717) is 35.4 Å². The Labute approximate surface area is 184 Å². The molecule has 1 aliphatic heterocycles. The van der Waals surface area contributed by atoms with E-state index in [9.17, 15) is 9.59 Å². The van der Waals surface area contributed by atoms with E-state index < -0.39 is 0 Å². The van der Waals surface area contributed by atoms with Crippen LogP contribution in [0.4, 0.5) is 16.2 Å². The van der Waals surface area contributed by atoms with Crippen molar-refractivity contribution in [1.29, 1.82) is 0 Å². The van der Waals surface area contributed by atoms with Crippen LogP contribution >= 0.6 is 11.6 Å². The zero-order valence-corrected chi connectivity index (χ0v) is 17.9. The van der Waals surface area contributed by atoms with Crippen LogP contribution in [-0.2, 0) is 4.79 Å². The van der Waals surface area contributed by atoms with E-state index >= 15 is 0 Å². The number of nitrogens with one attached hydrogen (secondary N) is 2. The monoisotopic (exact) mass is 439 g/mol. The van der Waals surface area contributed by atoms with E-state index in [1.165, 1.54) is 0 Å². The lowest BCUT2D eigenvalue weighted by Gasteiger charge is -2.16. The molecule has 0 bridgehead atoms. The predicted molar refractivity (Wildman–Crippen MR) is 118 cm³/mol. The second-order valence-electron chi connectivity index (χ2n) is 7.67. The summed E-state index contributed by atoms with van der Waals surface area (Å²) in [4.78, 5) is 30.5. The first-order chi connectivity index (χ1) is 14.9. The number of anilines is 2. The Bertz CT molecular complexity index is 1100. The number of nitrogens with zero attached hydrogens (tertiary/aromatic N) is 3. The first-order valence-electron chi connectivity index (χ1n) is 9.96. The molecule has 0 unspecified atom stereocenters. The van der Waals surface area contributed by atoms with Gasteiger partial charge >= 0.3 is 6.03 Å². The second kappa shape index (κ2) is 8.77. The minimum atomic E-state index is -0.264. The lowest BCUT2D eigenvalue weighted by Crippen LogP contribution is -2.34. The van der Waals surface area contributed by atoms with Gasteiger partial charge in [0.1, 0.15) is 0 Å². The zero-order chi connectivity index (χ0) is 22.0. The number of carbonyl (C=O) groups excluding carboxylic acids is 2. The fraction of sp³-hybridized carbons (Fsp3) is 0.273. The van der Waals surface area contributed by atoms with Gasteiger partial charge in [0.2, 0.25) is 17.6 Å².